The Bertz CT molecular complexity index is 544. The predicted molar refractivity (Wildman–Crippen MR) is 74.8 cm³/mol. The lowest BCUT2D eigenvalue weighted by Crippen LogP contribution is -2.11. The van der Waals surface area contributed by atoms with Crippen molar-refractivity contribution < 1.29 is 9.90 Å². The molecule has 0 atom stereocenters. The van der Waals surface area contributed by atoms with Gasteiger partial charge in [0.25, 0.3) is 5.91 Å². The smallest absolute Gasteiger partial charge is 0.255 e. The molecular formula is C16H16NO2. The van der Waals surface area contributed by atoms with Crippen LogP contribution in [0.25, 0.3) is 0 Å². The second-order valence-electron chi connectivity index (χ2n) is 4.47. The lowest BCUT2D eigenvalue weighted by Gasteiger charge is -2.06. The Labute approximate surface area is 112 Å². The van der Waals surface area contributed by atoms with E-state index in [2.05, 4.69) is 5.32 Å². The first kappa shape index (κ1) is 13.3. The van der Waals surface area contributed by atoms with Crippen molar-refractivity contribution >= 4 is 11.6 Å². The van der Waals surface area contributed by atoms with Gasteiger partial charge in [0.15, 0.2) is 0 Å². The van der Waals surface area contributed by atoms with E-state index in [0.29, 0.717) is 12.0 Å². The van der Waals surface area contributed by atoms with Gasteiger partial charge in [0.05, 0.1) is 6.61 Å². The van der Waals surface area contributed by atoms with Crippen LogP contribution in [0.3, 0.4) is 0 Å². The van der Waals surface area contributed by atoms with Gasteiger partial charge in [-0.1, -0.05) is 29.8 Å². The van der Waals surface area contributed by atoms with Crippen LogP contribution in [0.2, 0.25) is 0 Å². The van der Waals surface area contributed by atoms with Crippen LogP contribution >= 0.6 is 0 Å². The van der Waals surface area contributed by atoms with Crippen LogP contribution in [0.1, 0.15) is 21.5 Å². The predicted octanol–water partition coefficient (Wildman–Crippen LogP) is 3.22. The van der Waals surface area contributed by atoms with Crippen molar-refractivity contribution in [2.24, 2.45) is 0 Å². The van der Waals surface area contributed by atoms with E-state index in [-0.39, 0.29) is 12.5 Å². The summed E-state index contributed by atoms with van der Waals surface area (Å²) in [5, 5.41) is 13.3. The third kappa shape index (κ3) is 3.66. The van der Waals surface area contributed by atoms with Gasteiger partial charge in [-0.2, -0.15) is 0 Å². The first-order chi connectivity index (χ1) is 9.19. The maximum Gasteiger partial charge on any atom is 0.255 e. The second kappa shape index (κ2) is 6.16. The number of anilines is 1. The highest BCUT2D eigenvalue weighted by molar-refractivity contribution is 6.04. The third-order valence-corrected chi connectivity index (χ3v) is 2.92. The lowest BCUT2D eigenvalue weighted by atomic mass is 10.1. The van der Waals surface area contributed by atoms with Gasteiger partial charge in [-0.05, 0) is 43.2 Å². The number of carbonyl (C=O) groups is 1. The average molecular weight is 254 g/mol. The van der Waals surface area contributed by atoms with Gasteiger partial charge in [-0.25, -0.2) is 5.11 Å². The quantitative estimate of drug-likeness (QED) is 0.894. The molecule has 2 aromatic carbocycles. The zero-order valence-corrected chi connectivity index (χ0v) is 10.8. The maximum atomic E-state index is 12.0. The highest BCUT2D eigenvalue weighted by Crippen LogP contribution is 2.12. The topological polar surface area (TPSA) is 49.0 Å². The van der Waals surface area contributed by atoms with Gasteiger partial charge in [-0.3, -0.25) is 4.79 Å². The maximum absolute atomic E-state index is 12.0. The van der Waals surface area contributed by atoms with Gasteiger partial charge in [0.2, 0.25) is 0 Å². The monoisotopic (exact) mass is 254 g/mol. The van der Waals surface area contributed by atoms with Gasteiger partial charge in [0, 0.05) is 11.3 Å². The fraction of sp³-hybridized carbons (Fsp3) is 0.188. The SMILES string of the molecule is Cc1ccc(C(=O)Nc2ccc(CC[O])cc2)cc1. The molecule has 2 aromatic rings. The Hall–Kier alpha value is -2.13. The van der Waals surface area contributed by atoms with Crippen molar-refractivity contribution in [1.29, 1.82) is 0 Å². The van der Waals surface area contributed by atoms with E-state index in [1.165, 1.54) is 0 Å². The van der Waals surface area contributed by atoms with Crippen molar-refractivity contribution in [3.8, 4) is 0 Å². The number of carbonyl (C=O) groups excluding carboxylic acids is 1. The molecule has 97 valence electrons. The van der Waals surface area contributed by atoms with Crippen molar-refractivity contribution in [2.75, 3.05) is 11.9 Å². The van der Waals surface area contributed by atoms with Crippen molar-refractivity contribution in [3.63, 3.8) is 0 Å². The summed E-state index contributed by atoms with van der Waals surface area (Å²) in [4.78, 5) is 12.0. The van der Waals surface area contributed by atoms with Gasteiger partial charge in [-0.15, -0.1) is 0 Å². The Balaban J connectivity index is 2.04. The number of amides is 1. The normalized spacial score (nSPS) is 10.2. The number of hydrogen-bond donors (Lipinski definition) is 1. The Morgan fingerprint density at radius 2 is 1.63 bits per heavy atom. The van der Waals surface area contributed by atoms with Gasteiger partial charge >= 0.3 is 0 Å². The van der Waals surface area contributed by atoms with Crippen LogP contribution in [0.4, 0.5) is 5.69 Å². The minimum atomic E-state index is -0.128. The molecule has 2 rings (SSSR count). The van der Waals surface area contributed by atoms with Crippen LogP contribution in [0.15, 0.2) is 48.5 Å². The molecule has 0 fully saturated rings. The summed E-state index contributed by atoms with van der Waals surface area (Å²) in [6.45, 7) is 1.87. The average Bonchev–Trinajstić information content (AvgIpc) is 2.42. The molecule has 1 radical (unpaired) electrons. The molecule has 0 saturated carbocycles. The van der Waals surface area contributed by atoms with Crippen LogP contribution in [0, 0.1) is 6.92 Å². The Morgan fingerprint density at radius 1 is 1.00 bits per heavy atom. The standard InChI is InChI=1S/C16H16NO2/c1-12-2-6-14(7-3-12)16(19)17-15-8-4-13(5-9-15)10-11-18/h2-9H,10-11H2,1H3,(H,17,19). The van der Waals surface area contributed by atoms with Crippen molar-refractivity contribution in [1.82, 2.24) is 0 Å². The van der Waals surface area contributed by atoms with E-state index in [1.54, 1.807) is 12.1 Å². The van der Waals surface area contributed by atoms with E-state index in [4.69, 9.17) is 0 Å². The van der Waals surface area contributed by atoms with E-state index in [9.17, 15) is 9.90 Å². The molecule has 0 saturated heterocycles. The van der Waals surface area contributed by atoms with Crippen LogP contribution in [-0.2, 0) is 11.5 Å². The molecule has 19 heavy (non-hydrogen) atoms. The van der Waals surface area contributed by atoms with Crippen LogP contribution in [0.5, 0.6) is 0 Å². The van der Waals surface area contributed by atoms with Gasteiger partial charge < -0.3 is 5.32 Å². The number of aryl methyl sites for hydroxylation is 1. The molecule has 0 spiro atoms. The molecule has 3 nitrogen and oxygen atoms in total. The summed E-state index contributed by atoms with van der Waals surface area (Å²) in [7, 11) is 0. The second-order valence-corrected chi connectivity index (χ2v) is 4.47. The molecule has 0 aromatic heterocycles. The third-order valence-electron chi connectivity index (χ3n) is 2.92. The number of benzene rings is 2. The molecule has 0 aliphatic rings. The van der Waals surface area contributed by atoms with Crippen molar-refractivity contribution in [2.45, 2.75) is 13.3 Å². The Kier molecular flexibility index (Phi) is 4.31. The fourth-order valence-electron chi connectivity index (χ4n) is 1.78. The fourth-order valence-corrected chi connectivity index (χ4v) is 1.78. The van der Waals surface area contributed by atoms with E-state index in [0.717, 1.165) is 16.8 Å². The largest absolute Gasteiger partial charge is 0.322 e. The molecule has 0 bridgehead atoms. The highest BCUT2D eigenvalue weighted by atomic mass is 16.2. The molecular weight excluding hydrogens is 238 g/mol. The molecule has 0 aliphatic heterocycles. The van der Waals surface area contributed by atoms with E-state index in [1.807, 2.05) is 43.3 Å². The van der Waals surface area contributed by atoms with Crippen LogP contribution in [-0.4, -0.2) is 12.5 Å². The van der Waals surface area contributed by atoms with Gasteiger partial charge in [0.1, 0.15) is 0 Å². The number of nitrogens with one attached hydrogen (secondary N) is 1. The number of hydrogen-bond acceptors (Lipinski definition) is 1. The summed E-state index contributed by atoms with van der Waals surface area (Å²) in [5.41, 5.74) is 3.48. The summed E-state index contributed by atoms with van der Waals surface area (Å²) in [6.07, 6.45) is 0.520. The lowest BCUT2D eigenvalue weighted by molar-refractivity contribution is 0.102. The number of rotatable bonds is 4. The Morgan fingerprint density at radius 3 is 2.21 bits per heavy atom. The van der Waals surface area contributed by atoms with Crippen LogP contribution < -0.4 is 5.32 Å². The summed E-state index contributed by atoms with van der Waals surface area (Å²) < 4.78 is 0. The first-order valence-corrected chi connectivity index (χ1v) is 6.24. The van der Waals surface area contributed by atoms with Crippen molar-refractivity contribution in [3.05, 3.63) is 65.2 Å². The first-order valence-electron chi connectivity index (χ1n) is 6.24. The minimum absolute atomic E-state index is 0.116. The van der Waals surface area contributed by atoms with E-state index < -0.39 is 0 Å². The zero-order valence-electron chi connectivity index (χ0n) is 10.8. The molecule has 0 unspecified atom stereocenters. The van der Waals surface area contributed by atoms with E-state index >= 15 is 0 Å². The molecule has 0 aliphatic carbocycles. The molecule has 0 heterocycles. The summed E-state index contributed by atoms with van der Waals surface area (Å²) >= 11 is 0. The molecule has 3 heteroatoms. The minimum Gasteiger partial charge on any atom is -0.322 e. The molecule has 1 N–H and O–H groups in total. The summed E-state index contributed by atoms with van der Waals surface area (Å²) in [5.74, 6) is -0.128. The molecule has 1 amide bonds. The zero-order chi connectivity index (χ0) is 13.7. The highest BCUT2D eigenvalue weighted by Gasteiger charge is 2.05. The summed E-state index contributed by atoms with van der Waals surface area (Å²) in [6, 6.07) is 14.8.